The van der Waals surface area contributed by atoms with Gasteiger partial charge in [-0.15, -0.1) is 0 Å². The summed E-state index contributed by atoms with van der Waals surface area (Å²) in [4.78, 5) is 27.5. The first-order valence-corrected chi connectivity index (χ1v) is 8.21. The number of ketones is 1. The third kappa shape index (κ3) is 4.76. The second-order valence-electron chi connectivity index (χ2n) is 5.40. The Morgan fingerprint density at radius 1 is 1.19 bits per heavy atom. The Hall–Kier alpha value is -2.54. The normalized spacial score (nSPS) is 10.6. The molecule has 0 aliphatic rings. The maximum absolute atomic E-state index is 14.0. The van der Waals surface area contributed by atoms with E-state index < -0.39 is 23.4 Å². The van der Waals surface area contributed by atoms with Crippen LogP contribution in [0, 0.1) is 11.6 Å². The molecule has 1 aromatic carbocycles. The highest BCUT2D eigenvalue weighted by Gasteiger charge is 2.18. The smallest absolute Gasteiger partial charge is 0.306 e. The lowest BCUT2D eigenvalue weighted by Gasteiger charge is -2.09. The van der Waals surface area contributed by atoms with Gasteiger partial charge in [-0.25, -0.2) is 13.8 Å². The Balaban J connectivity index is 2.21. The van der Waals surface area contributed by atoms with Crippen LogP contribution in [0.15, 0.2) is 24.3 Å². The van der Waals surface area contributed by atoms with Gasteiger partial charge in [0.2, 0.25) is 0 Å². The first-order valence-electron chi connectivity index (χ1n) is 7.83. The number of nitrogens with zero attached hydrogens (tertiary/aromatic N) is 1. The summed E-state index contributed by atoms with van der Waals surface area (Å²) in [7, 11) is 0. The zero-order chi connectivity index (χ0) is 19.3. The topological polar surface area (TPSA) is 76.5 Å². The Bertz CT molecular complexity index is 842. The molecule has 0 radical (unpaired) electrons. The summed E-state index contributed by atoms with van der Waals surface area (Å²) in [5, 5.41) is 9.59. The number of esters is 1. The summed E-state index contributed by atoms with van der Waals surface area (Å²) in [6.07, 6.45) is -0.616. The molecule has 0 atom stereocenters. The molecule has 0 aliphatic carbocycles. The molecule has 0 saturated carbocycles. The van der Waals surface area contributed by atoms with E-state index in [1.165, 1.54) is 12.1 Å². The quantitative estimate of drug-likeness (QED) is 0.446. The van der Waals surface area contributed by atoms with Crippen LogP contribution in [0.5, 0.6) is 5.75 Å². The number of carbonyl (C=O) groups is 2. The fourth-order valence-corrected chi connectivity index (χ4v) is 2.45. The lowest BCUT2D eigenvalue weighted by Crippen LogP contribution is -2.10. The van der Waals surface area contributed by atoms with Gasteiger partial charge in [-0.2, -0.15) is 0 Å². The molecule has 0 saturated heterocycles. The molecule has 2 rings (SSSR count). The third-order valence-corrected chi connectivity index (χ3v) is 3.85. The van der Waals surface area contributed by atoms with Crippen LogP contribution < -0.4 is 0 Å². The van der Waals surface area contributed by atoms with Crippen molar-refractivity contribution in [1.29, 1.82) is 0 Å². The molecule has 0 fully saturated rings. The largest absolute Gasteiger partial charge is 0.506 e. The molecule has 1 heterocycles. The third-order valence-electron chi connectivity index (χ3n) is 3.55. The van der Waals surface area contributed by atoms with E-state index in [0.717, 1.165) is 12.1 Å². The minimum absolute atomic E-state index is 0.157. The average molecular weight is 384 g/mol. The molecule has 0 aliphatic heterocycles. The first-order chi connectivity index (χ1) is 12.3. The van der Waals surface area contributed by atoms with Crippen LogP contribution in [0.1, 0.15) is 41.5 Å². The van der Waals surface area contributed by atoms with Crippen molar-refractivity contribution in [3.8, 4) is 5.75 Å². The number of hydrogen-bond donors (Lipinski definition) is 1. The predicted octanol–water partition coefficient (Wildman–Crippen LogP) is 3.84. The van der Waals surface area contributed by atoms with Gasteiger partial charge in [-0.1, -0.05) is 11.6 Å². The molecular weight excluding hydrogens is 368 g/mol. The van der Waals surface area contributed by atoms with Crippen molar-refractivity contribution < 1.29 is 28.2 Å². The van der Waals surface area contributed by atoms with E-state index in [-0.39, 0.29) is 53.6 Å². The van der Waals surface area contributed by atoms with Crippen molar-refractivity contribution >= 4 is 23.4 Å². The monoisotopic (exact) mass is 383 g/mol. The maximum atomic E-state index is 14.0. The van der Waals surface area contributed by atoms with Crippen molar-refractivity contribution in [1.82, 2.24) is 4.98 Å². The zero-order valence-electron chi connectivity index (χ0n) is 13.9. The Morgan fingerprint density at radius 2 is 1.92 bits per heavy atom. The maximum Gasteiger partial charge on any atom is 0.306 e. The number of pyridine rings is 1. The molecular formula is C18H16ClF2NO4. The highest BCUT2D eigenvalue weighted by Crippen LogP contribution is 2.25. The van der Waals surface area contributed by atoms with Crippen LogP contribution in [-0.2, 0) is 16.0 Å². The number of rotatable bonds is 7. The number of hydrogen-bond acceptors (Lipinski definition) is 5. The van der Waals surface area contributed by atoms with Crippen LogP contribution >= 0.6 is 11.6 Å². The second kappa shape index (κ2) is 8.71. The highest BCUT2D eigenvalue weighted by molar-refractivity contribution is 6.30. The van der Waals surface area contributed by atoms with Gasteiger partial charge < -0.3 is 9.84 Å². The van der Waals surface area contributed by atoms with Crippen LogP contribution in [0.4, 0.5) is 8.78 Å². The minimum atomic E-state index is -0.906. The van der Waals surface area contributed by atoms with Crippen LogP contribution in [0.25, 0.3) is 0 Å². The van der Waals surface area contributed by atoms with Gasteiger partial charge in [0, 0.05) is 24.1 Å². The molecule has 1 aromatic heterocycles. The van der Waals surface area contributed by atoms with Gasteiger partial charge in [0.25, 0.3) is 0 Å². The fraction of sp³-hybridized carbons (Fsp3) is 0.278. The molecule has 0 unspecified atom stereocenters. The summed E-state index contributed by atoms with van der Waals surface area (Å²) >= 11 is 5.66. The predicted molar refractivity (Wildman–Crippen MR) is 90.3 cm³/mol. The molecule has 138 valence electrons. The first kappa shape index (κ1) is 19.8. The number of aromatic nitrogens is 1. The van der Waals surface area contributed by atoms with Crippen molar-refractivity contribution in [2.45, 2.75) is 26.2 Å². The highest BCUT2D eigenvalue weighted by atomic mass is 35.5. The number of benzene rings is 1. The van der Waals surface area contributed by atoms with E-state index in [1.807, 2.05) is 0 Å². The molecule has 0 spiro atoms. The van der Waals surface area contributed by atoms with Crippen molar-refractivity contribution in [3.63, 3.8) is 0 Å². The lowest BCUT2D eigenvalue weighted by atomic mass is 10.1. The number of halogens is 3. The number of ether oxygens (including phenoxy) is 1. The Kier molecular flexibility index (Phi) is 6.63. The van der Waals surface area contributed by atoms with Gasteiger partial charge in [0.1, 0.15) is 23.1 Å². The van der Waals surface area contributed by atoms with Gasteiger partial charge in [-0.3, -0.25) is 9.59 Å². The van der Waals surface area contributed by atoms with E-state index in [0.29, 0.717) is 0 Å². The summed E-state index contributed by atoms with van der Waals surface area (Å²) in [6.45, 7) is 1.84. The van der Waals surface area contributed by atoms with Crippen LogP contribution in [-0.4, -0.2) is 28.4 Å². The fourth-order valence-electron chi connectivity index (χ4n) is 2.28. The van der Waals surface area contributed by atoms with E-state index in [9.17, 15) is 23.5 Å². The minimum Gasteiger partial charge on any atom is -0.506 e. The molecule has 26 heavy (non-hydrogen) atoms. The van der Waals surface area contributed by atoms with Crippen molar-refractivity contribution in [3.05, 3.63) is 57.9 Å². The lowest BCUT2D eigenvalue weighted by molar-refractivity contribution is -0.143. The van der Waals surface area contributed by atoms with E-state index in [1.54, 1.807) is 6.92 Å². The van der Waals surface area contributed by atoms with Crippen molar-refractivity contribution in [2.75, 3.05) is 6.61 Å². The standard InChI is InChI=1S/C18H16ClF2NO4/c1-2-26-16(25)8-7-15(24)18-14(23)6-3-10(22-18)9-11-13(20)5-4-12(19)17(11)21/h3-6,23H,2,7-9H2,1H3. The van der Waals surface area contributed by atoms with E-state index in [2.05, 4.69) is 4.98 Å². The molecule has 0 amide bonds. The molecule has 8 heteroatoms. The van der Waals surface area contributed by atoms with Gasteiger partial charge in [0.05, 0.1) is 18.1 Å². The Morgan fingerprint density at radius 3 is 2.62 bits per heavy atom. The summed E-state index contributed by atoms with van der Waals surface area (Å²) in [6, 6.07) is 4.69. The van der Waals surface area contributed by atoms with Crippen molar-refractivity contribution in [2.24, 2.45) is 0 Å². The number of Topliss-reactive ketones (excluding diaryl/α,β-unsaturated/α-hetero) is 1. The van der Waals surface area contributed by atoms with E-state index in [4.69, 9.17) is 16.3 Å². The molecule has 1 N–H and O–H groups in total. The molecule has 5 nitrogen and oxygen atoms in total. The second-order valence-corrected chi connectivity index (χ2v) is 5.80. The van der Waals surface area contributed by atoms with E-state index >= 15 is 0 Å². The average Bonchev–Trinajstić information content (AvgIpc) is 2.61. The summed E-state index contributed by atoms with van der Waals surface area (Å²) in [5.74, 6) is -3.20. The SMILES string of the molecule is CCOC(=O)CCC(=O)c1nc(Cc2c(F)ccc(Cl)c2F)ccc1O. The van der Waals surface area contributed by atoms with Crippen LogP contribution in [0.2, 0.25) is 5.02 Å². The molecule has 2 aromatic rings. The summed E-state index contributed by atoms with van der Waals surface area (Å²) in [5.41, 5.74) is -0.391. The summed E-state index contributed by atoms with van der Waals surface area (Å²) < 4.78 is 32.6. The van der Waals surface area contributed by atoms with Gasteiger partial charge in [0.15, 0.2) is 5.78 Å². The number of aromatic hydroxyl groups is 1. The number of carbonyl (C=O) groups excluding carboxylic acids is 2. The van der Waals surface area contributed by atoms with Gasteiger partial charge >= 0.3 is 5.97 Å². The van der Waals surface area contributed by atoms with Gasteiger partial charge in [-0.05, 0) is 31.2 Å². The van der Waals surface area contributed by atoms with Crippen LogP contribution in [0.3, 0.4) is 0 Å². The zero-order valence-corrected chi connectivity index (χ0v) is 14.6. The molecule has 0 bridgehead atoms. The Labute approximate surface area is 153 Å².